The molecule has 1 atom stereocenters. The van der Waals surface area contributed by atoms with Gasteiger partial charge in [0.05, 0.1) is 21.7 Å². The number of nitrogens with zero attached hydrogens (tertiary/aromatic N) is 1. The molecule has 2 aromatic rings. The minimum absolute atomic E-state index is 0.0127. The number of rotatable bonds is 6. The highest BCUT2D eigenvalue weighted by Gasteiger charge is 2.21. The van der Waals surface area contributed by atoms with Crippen LogP contribution in [0.15, 0.2) is 18.2 Å². The molecule has 2 rings (SSSR count). The summed E-state index contributed by atoms with van der Waals surface area (Å²) in [7, 11) is 0. The average molecular weight is 396 g/mol. The van der Waals surface area contributed by atoms with E-state index in [9.17, 15) is 24.8 Å². The molecule has 0 aliphatic carbocycles. The number of nitrogens with one attached hydrogen (secondary N) is 2. The molecule has 0 aliphatic heterocycles. The molecule has 1 aromatic heterocycles. The lowest BCUT2D eigenvalue weighted by Crippen LogP contribution is -2.21. The number of aromatic nitrogens is 1. The number of carbonyl (C=O) groups excluding carboxylic acids is 2. The standard InChI is InChI=1S/C17H18ClN3O6/c1-8-15(10(3)22)9(2)19-16(8)17(24)27-7-14(23)20-13-5-4-11(21(25)26)6-12(13)18/h4-6,10,19,22H,7H2,1-3H3,(H,20,23)/t10-/m1/s1. The Labute approximate surface area is 159 Å². The Kier molecular flexibility index (Phi) is 6.19. The van der Waals surface area contributed by atoms with E-state index < -0.39 is 29.5 Å². The Morgan fingerprint density at radius 1 is 1.41 bits per heavy atom. The summed E-state index contributed by atoms with van der Waals surface area (Å²) in [5.74, 6) is -1.40. The Morgan fingerprint density at radius 3 is 2.59 bits per heavy atom. The number of nitro groups is 1. The van der Waals surface area contributed by atoms with Crippen LogP contribution >= 0.6 is 11.6 Å². The summed E-state index contributed by atoms with van der Waals surface area (Å²) in [5, 5.41) is 22.8. The van der Waals surface area contributed by atoms with E-state index in [1.54, 1.807) is 20.8 Å². The van der Waals surface area contributed by atoms with Crippen molar-refractivity contribution in [1.29, 1.82) is 0 Å². The Hall–Kier alpha value is -2.91. The molecule has 1 heterocycles. The van der Waals surface area contributed by atoms with Gasteiger partial charge in [-0.3, -0.25) is 14.9 Å². The second-order valence-electron chi connectivity index (χ2n) is 5.89. The summed E-state index contributed by atoms with van der Waals surface area (Å²) >= 11 is 5.89. The number of ether oxygens (including phenoxy) is 1. The molecule has 0 spiro atoms. The van der Waals surface area contributed by atoms with Crippen molar-refractivity contribution in [3.8, 4) is 0 Å². The summed E-state index contributed by atoms with van der Waals surface area (Å²) in [5.41, 5.74) is 1.89. The van der Waals surface area contributed by atoms with Gasteiger partial charge in [0.15, 0.2) is 6.61 Å². The zero-order chi connectivity index (χ0) is 20.3. The average Bonchev–Trinajstić information content (AvgIpc) is 2.89. The lowest BCUT2D eigenvalue weighted by Gasteiger charge is -2.08. The zero-order valence-corrected chi connectivity index (χ0v) is 15.6. The molecule has 0 saturated heterocycles. The van der Waals surface area contributed by atoms with E-state index in [0.717, 1.165) is 6.07 Å². The van der Waals surface area contributed by atoms with E-state index in [2.05, 4.69) is 10.3 Å². The molecular formula is C17H18ClN3O6. The minimum Gasteiger partial charge on any atom is -0.451 e. The number of aryl methyl sites for hydroxylation is 1. The molecule has 0 radical (unpaired) electrons. The van der Waals surface area contributed by atoms with Gasteiger partial charge in [0.2, 0.25) is 0 Å². The number of nitro benzene ring substituents is 1. The van der Waals surface area contributed by atoms with Crippen LogP contribution in [-0.4, -0.2) is 33.5 Å². The zero-order valence-electron chi connectivity index (χ0n) is 14.8. The third kappa shape index (κ3) is 4.63. The van der Waals surface area contributed by atoms with Gasteiger partial charge in [-0.15, -0.1) is 0 Å². The Morgan fingerprint density at radius 2 is 2.07 bits per heavy atom. The number of carbonyl (C=O) groups is 2. The van der Waals surface area contributed by atoms with Crippen LogP contribution in [0.25, 0.3) is 0 Å². The summed E-state index contributed by atoms with van der Waals surface area (Å²) in [4.78, 5) is 37.0. The normalized spacial score (nSPS) is 11.7. The van der Waals surface area contributed by atoms with Gasteiger partial charge in [-0.25, -0.2) is 4.79 Å². The van der Waals surface area contributed by atoms with E-state index in [1.165, 1.54) is 12.1 Å². The number of aliphatic hydroxyl groups excluding tert-OH is 1. The number of anilines is 1. The van der Waals surface area contributed by atoms with Gasteiger partial charge in [0.25, 0.3) is 11.6 Å². The molecule has 10 heteroatoms. The number of aromatic amines is 1. The Balaban J connectivity index is 2.01. The van der Waals surface area contributed by atoms with Crippen LogP contribution in [0.4, 0.5) is 11.4 Å². The lowest BCUT2D eigenvalue weighted by atomic mass is 10.1. The number of amides is 1. The highest BCUT2D eigenvalue weighted by atomic mass is 35.5. The lowest BCUT2D eigenvalue weighted by molar-refractivity contribution is -0.384. The van der Waals surface area contributed by atoms with Crippen molar-refractivity contribution in [3.63, 3.8) is 0 Å². The van der Waals surface area contributed by atoms with Gasteiger partial charge in [-0.2, -0.15) is 0 Å². The molecule has 3 N–H and O–H groups in total. The first kappa shape index (κ1) is 20.4. The van der Waals surface area contributed by atoms with Crippen molar-refractivity contribution in [2.24, 2.45) is 0 Å². The van der Waals surface area contributed by atoms with Crippen LogP contribution in [0, 0.1) is 24.0 Å². The molecule has 1 amide bonds. The summed E-state index contributed by atoms with van der Waals surface area (Å²) in [6.45, 7) is 4.39. The van der Waals surface area contributed by atoms with Gasteiger partial charge in [0, 0.05) is 23.4 Å². The minimum atomic E-state index is -0.754. The Bertz CT molecular complexity index is 906. The van der Waals surface area contributed by atoms with Crippen LogP contribution in [0.1, 0.15) is 40.3 Å². The maximum Gasteiger partial charge on any atom is 0.355 e. The van der Waals surface area contributed by atoms with E-state index in [0.29, 0.717) is 16.8 Å². The van der Waals surface area contributed by atoms with Crippen molar-refractivity contribution in [2.75, 3.05) is 11.9 Å². The van der Waals surface area contributed by atoms with Gasteiger partial charge < -0.3 is 20.1 Å². The number of hydrogen-bond acceptors (Lipinski definition) is 6. The smallest absolute Gasteiger partial charge is 0.355 e. The van der Waals surface area contributed by atoms with Gasteiger partial charge in [-0.1, -0.05) is 11.6 Å². The first-order chi connectivity index (χ1) is 12.6. The largest absolute Gasteiger partial charge is 0.451 e. The fraction of sp³-hybridized carbons (Fsp3) is 0.294. The number of halogens is 1. The van der Waals surface area contributed by atoms with Gasteiger partial charge >= 0.3 is 5.97 Å². The molecule has 9 nitrogen and oxygen atoms in total. The number of aliphatic hydroxyl groups is 1. The molecule has 144 valence electrons. The summed E-state index contributed by atoms with van der Waals surface area (Å²) < 4.78 is 4.98. The van der Waals surface area contributed by atoms with Crippen molar-refractivity contribution in [1.82, 2.24) is 4.98 Å². The van der Waals surface area contributed by atoms with Crippen LogP contribution in [0.2, 0.25) is 5.02 Å². The fourth-order valence-electron chi connectivity index (χ4n) is 2.70. The van der Waals surface area contributed by atoms with Crippen LogP contribution in [-0.2, 0) is 9.53 Å². The van der Waals surface area contributed by atoms with Crippen molar-refractivity contribution in [3.05, 3.63) is 55.9 Å². The van der Waals surface area contributed by atoms with Crippen molar-refractivity contribution in [2.45, 2.75) is 26.9 Å². The molecule has 0 aliphatic rings. The predicted molar refractivity (Wildman–Crippen MR) is 97.9 cm³/mol. The van der Waals surface area contributed by atoms with Crippen molar-refractivity contribution >= 4 is 34.9 Å². The van der Waals surface area contributed by atoms with Crippen LogP contribution in [0.5, 0.6) is 0 Å². The van der Waals surface area contributed by atoms with E-state index >= 15 is 0 Å². The highest BCUT2D eigenvalue weighted by molar-refractivity contribution is 6.34. The number of hydrogen-bond donors (Lipinski definition) is 3. The van der Waals surface area contributed by atoms with Crippen LogP contribution in [0.3, 0.4) is 0 Å². The molecule has 27 heavy (non-hydrogen) atoms. The van der Waals surface area contributed by atoms with E-state index in [1.807, 2.05) is 0 Å². The van der Waals surface area contributed by atoms with E-state index in [-0.39, 0.29) is 22.1 Å². The maximum absolute atomic E-state index is 12.2. The number of benzene rings is 1. The third-order valence-electron chi connectivity index (χ3n) is 3.89. The quantitative estimate of drug-likeness (QED) is 0.391. The summed E-state index contributed by atoms with van der Waals surface area (Å²) in [6.07, 6.45) is -0.754. The molecule has 0 unspecified atom stereocenters. The first-order valence-electron chi connectivity index (χ1n) is 7.89. The van der Waals surface area contributed by atoms with Gasteiger partial charge in [-0.05, 0) is 32.4 Å². The first-order valence-corrected chi connectivity index (χ1v) is 8.27. The molecule has 0 bridgehead atoms. The third-order valence-corrected chi connectivity index (χ3v) is 4.20. The molecular weight excluding hydrogens is 378 g/mol. The van der Waals surface area contributed by atoms with Crippen molar-refractivity contribution < 1.29 is 24.4 Å². The maximum atomic E-state index is 12.2. The second-order valence-corrected chi connectivity index (χ2v) is 6.29. The van der Waals surface area contributed by atoms with Crippen LogP contribution < -0.4 is 5.32 Å². The topological polar surface area (TPSA) is 135 Å². The molecule has 0 fully saturated rings. The number of esters is 1. The highest BCUT2D eigenvalue weighted by Crippen LogP contribution is 2.27. The second kappa shape index (κ2) is 8.19. The predicted octanol–water partition coefficient (Wildman–Crippen LogP) is 3.04. The monoisotopic (exact) mass is 395 g/mol. The summed E-state index contributed by atoms with van der Waals surface area (Å²) in [6, 6.07) is 3.58. The molecule has 1 aromatic carbocycles. The number of non-ortho nitro benzene ring substituents is 1. The molecule has 0 saturated carbocycles. The fourth-order valence-corrected chi connectivity index (χ4v) is 2.93. The van der Waals surface area contributed by atoms with Gasteiger partial charge in [0.1, 0.15) is 5.69 Å². The SMILES string of the molecule is Cc1[nH]c(C(=O)OCC(=O)Nc2ccc([N+](=O)[O-])cc2Cl)c(C)c1[C@@H](C)O. The van der Waals surface area contributed by atoms with E-state index in [4.69, 9.17) is 16.3 Å². The number of H-pyrrole nitrogens is 1.